The quantitative estimate of drug-likeness (QED) is 0.889. The summed E-state index contributed by atoms with van der Waals surface area (Å²) >= 11 is 0. The van der Waals surface area contributed by atoms with E-state index in [1.165, 1.54) is 4.90 Å². The molecule has 1 atom stereocenters. The van der Waals surface area contributed by atoms with Crippen LogP contribution in [-0.2, 0) is 0 Å². The third kappa shape index (κ3) is 2.69. The van der Waals surface area contributed by atoms with Crippen LogP contribution in [0.25, 0.3) is 5.95 Å². The van der Waals surface area contributed by atoms with Crippen LogP contribution < -0.4 is 5.73 Å². The molecule has 0 saturated heterocycles. The first-order chi connectivity index (χ1) is 10.5. The Balaban J connectivity index is 2.03. The number of hydrogen-bond donors (Lipinski definition) is 1. The van der Waals surface area contributed by atoms with E-state index in [4.69, 9.17) is 5.73 Å². The van der Waals surface area contributed by atoms with Crippen molar-refractivity contribution in [3.8, 4) is 5.95 Å². The fraction of sp³-hybridized carbons (Fsp3) is 0.500. The van der Waals surface area contributed by atoms with Crippen LogP contribution in [0.3, 0.4) is 0 Å². The monoisotopic (exact) mass is 301 g/mol. The summed E-state index contributed by atoms with van der Waals surface area (Å²) in [6.07, 6.45) is 3.74. The lowest BCUT2D eigenvalue weighted by atomic mass is 10.3. The summed E-state index contributed by atoms with van der Waals surface area (Å²) < 4.78 is 1.55. The van der Waals surface area contributed by atoms with Crippen molar-refractivity contribution in [3.05, 3.63) is 29.6 Å². The summed E-state index contributed by atoms with van der Waals surface area (Å²) in [5, 5.41) is 4.48. The maximum atomic E-state index is 12.0. The number of carbonyl (C=O) groups excluding carboxylic acids is 1. The van der Waals surface area contributed by atoms with Crippen molar-refractivity contribution in [2.75, 3.05) is 14.1 Å². The van der Waals surface area contributed by atoms with E-state index < -0.39 is 0 Å². The van der Waals surface area contributed by atoms with Gasteiger partial charge in [0.15, 0.2) is 11.6 Å². The lowest BCUT2D eigenvalue weighted by Gasteiger charge is -2.11. The molecule has 22 heavy (non-hydrogen) atoms. The molecule has 1 aliphatic rings. The molecule has 116 valence electrons. The van der Waals surface area contributed by atoms with Crippen LogP contribution in [0.2, 0.25) is 0 Å². The Morgan fingerprint density at radius 3 is 2.73 bits per heavy atom. The van der Waals surface area contributed by atoms with E-state index in [0.29, 0.717) is 23.4 Å². The second-order valence-corrected chi connectivity index (χ2v) is 5.74. The van der Waals surface area contributed by atoms with Gasteiger partial charge in [-0.3, -0.25) is 4.79 Å². The Hall–Kier alpha value is -2.35. The van der Waals surface area contributed by atoms with E-state index in [-0.39, 0.29) is 11.9 Å². The van der Waals surface area contributed by atoms with Gasteiger partial charge in [0.2, 0.25) is 0 Å². The van der Waals surface area contributed by atoms with Crippen molar-refractivity contribution < 1.29 is 4.79 Å². The SMILES string of the molecule is C[C@H](N)c1nc(C2CC2)nn1-c1nccc(C(=O)N(C)C)n1. The minimum absolute atomic E-state index is 0.187. The van der Waals surface area contributed by atoms with E-state index in [1.54, 1.807) is 31.0 Å². The smallest absolute Gasteiger partial charge is 0.272 e. The first-order valence-corrected chi connectivity index (χ1v) is 7.25. The van der Waals surface area contributed by atoms with Crippen molar-refractivity contribution in [2.45, 2.75) is 31.7 Å². The molecule has 1 aliphatic carbocycles. The Bertz CT molecular complexity index is 703. The third-order valence-corrected chi connectivity index (χ3v) is 3.46. The Morgan fingerprint density at radius 2 is 2.14 bits per heavy atom. The predicted molar refractivity (Wildman–Crippen MR) is 79.5 cm³/mol. The molecule has 2 N–H and O–H groups in total. The van der Waals surface area contributed by atoms with Crippen LogP contribution in [-0.4, -0.2) is 49.6 Å². The lowest BCUT2D eigenvalue weighted by Crippen LogP contribution is -2.24. The highest BCUT2D eigenvalue weighted by atomic mass is 16.2. The van der Waals surface area contributed by atoms with E-state index >= 15 is 0 Å². The molecular formula is C14H19N7O. The second kappa shape index (κ2) is 5.45. The number of nitrogens with zero attached hydrogens (tertiary/aromatic N) is 6. The zero-order valence-corrected chi connectivity index (χ0v) is 12.9. The number of nitrogens with two attached hydrogens (primary N) is 1. The molecule has 2 heterocycles. The van der Waals surface area contributed by atoms with E-state index in [1.807, 2.05) is 6.92 Å². The molecule has 0 aliphatic heterocycles. The standard InChI is InChI=1S/C14H19N7O/c1-8(15)12-18-11(9-4-5-9)19-21(12)14-16-7-6-10(17-14)13(22)20(2)3/h6-9H,4-5,15H2,1-3H3/t8-/m0/s1. The van der Waals surface area contributed by atoms with Crippen LogP contribution in [0.15, 0.2) is 12.3 Å². The predicted octanol–water partition coefficient (Wildman–Crippen LogP) is 0.656. The van der Waals surface area contributed by atoms with Crippen LogP contribution in [0, 0.1) is 0 Å². The molecule has 2 aromatic rings. The number of rotatable bonds is 4. The summed E-state index contributed by atoms with van der Waals surface area (Å²) in [6.45, 7) is 1.84. The first kappa shape index (κ1) is 14.6. The maximum absolute atomic E-state index is 12.0. The molecule has 0 spiro atoms. The van der Waals surface area contributed by atoms with Gasteiger partial charge in [-0.05, 0) is 25.8 Å². The first-order valence-electron chi connectivity index (χ1n) is 7.25. The van der Waals surface area contributed by atoms with Gasteiger partial charge in [0.25, 0.3) is 11.9 Å². The molecule has 0 bridgehead atoms. The highest BCUT2D eigenvalue weighted by Crippen LogP contribution is 2.38. The number of carbonyl (C=O) groups is 1. The van der Waals surface area contributed by atoms with Gasteiger partial charge in [0.05, 0.1) is 6.04 Å². The van der Waals surface area contributed by atoms with Gasteiger partial charge in [-0.1, -0.05) is 0 Å². The fourth-order valence-corrected chi connectivity index (χ4v) is 2.10. The molecule has 0 aromatic carbocycles. The molecule has 0 unspecified atom stereocenters. The summed E-state index contributed by atoms with van der Waals surface area (Å²) in [7, 11) is 3.36. The van der Waals surface area contributed by atoms with E-state index in [9.17, 15) is 4.79 Å². The maximum Gasteiger partial charge on any atom is 0.272 e. The second-order valence-electron chi connectivity index (χ2n) is 5.74. The average molecular weight is 301 g/mol. The summed E-state index contributed by atoms with van der Waals surface area (Å²) in [5.41, 5.74) is 6.29. The van der Waals surface area contributed by atoms with Crippen molar-refractivity contribution >= 4 is 5.91 Å². The van der Waals surface area contributed by atoms with Crippen LogP contribution >= 0.6 is 0 Å². The van der Waals surface area contributed by atoms with Gasteiger partial charge in [-0.15, -0.1) is 5.10 Å². The van der Waals surface area contributed by atoms with E-state index in [0.717, 1.165) is 18.7 Å². The minimum atomic E-state index is -0.295. The molecule has 1 amide bonds. The van der Waals surface area contributed by atoms with Crippen molar-refractivity contribution in [1.82, 2.24) is 29.6 Å². The summed E-state index contributed by atoms with van der Waals surface area (Å²) in [4.78, 5) is 26.5. The van der Waals surface area contributed by atoms with E-state index in [2.05, 4.69) is 20.1 Å². The summed E-state index contributed by atoms with van der Waals surface area (Å²) in [5.74, 6) is 1.93. The van der Waals surface area contributed by atoms with Gasteiger partial charge in [-0.25, -0.2) is 15.0 Å². The zero-order valence-electron chi connectivity index (χ0n) is 12.9. The van der Waals surface area contributed by atoms with Gasteiger partial charge >= 0.3 is 0 Å². The largest absolute Gasteiger partial charge is 0.343 e. The highest BCUT2D eigenvalue weighted by molar-refractivity contribution is 5.91. The Kier molecular flexibility index (Phi) is 3.61. The Labute approximate surface area is 128 Å². The molecule has 1 fully saturated rings. The molecule has 2 aromatic heterocycles. The molecule has 0 radical (unpaired) electrons. The van der Waals surface area contributed by atoms with Crippen molar-refractivity contribution in [3.63, 3.8) is 0 Å². The number of amides is 1. The van der Waals surface area contributed by atoms with Gasteiger partial charge in [-0.2, -0.15) is 4.68 Å². The number of aromatic nitrogens is 5. The summed E-state index contributed by atoms with van der Waals surface area (Å²) in [6, 6.07) is 1.28. The van der Waals surface area contributed by atoms with Crippen LogP contribution in [0.4, 0.5) is 0 Å². The number of hydrogen-bond acceptors (Lipinski definition) is 6. The van der Waals surface area contributed by atoms with Gasteiger partial charge in [0.1, 0.15) is 5.69 Å². The topological polar surface area (TPSA) is 103 Å². The fourth-order valence-electron chi connectivity index (χ4n) is 2.10. The molecule has 8 nitrogen and oxygen atoms in total. The van der Waals surface area contributed by atoms with Gasteiger partial charge < -0.3 is 10.6 Å². The van der Waals surface area contributed by atoms with Crippen molar-refractivity contribution in [2.24, 2.45) is 5.73 Å². The molecule has 8 heteroatoms. The van der Waals surface area contributed by atoms with Gasteiger partial charge in [0, 0.05) is 26.2 Å². The highest BCUT2D eigenvalue weighted by Gasteiger charge is 2.30. The average Bonchev–Trinajstić information content (AvgIpc) is 3.24. The lowest BCUT2D eigenvalue weighted by molar-refractivity contribution is 0.0821. The minimum Gasteiger partial charge on any atom is -0.343 e. The molecule has 3 rings (SSSR count). The zero-order chi connectivity index (χ0) is 15.9. The normalized spacial score (nSPS) is 15.6. The molecule has 1 saturated carbocycles. The van der Waals surface area contributed by atoms with Crippen LogP contribution in [0.1, 0.15) is 53.9 Å². The molecular weight excluding hydrogens is 282 g/mol. The Morgan fingerprint density at radius 1 is 1.41 bits per heavy atom. The van der Waals surface area contributed by atoms with Crippen LogP contribution in [0.5, 0.6) is 0 Å². The van der Waals surface area contributed by atoms with Crippen molar-refractivity contribution in [1.29, 1.82) is 0 Å². The third-order valence-electron chi connectivity index (χ3n) is 3.46.